The lowest BCUT2D eigenvalue weighted by molar-refractivity contribution is 0.102. The van der Waals surface area contributed by atoms with E-state index in [-0.39, 0.29) is 17.4 Å². The summed E-state index contributed by atoms with van der Waals surface area (Å²) < 4.78 is 13.2. The van der Waals surface area contributed by atoms with E-state index >= 15 is 0 Å². The molecule has 2 N–H and O–H groups in total. The van der Waals surface area contributed by atoms with Crippen LogP contribution in [0.5, 0.6) is 0 Å². The van der Waals surface area contributed by atoms with Crippen LogP contribution in [0, 0.1) is 5.82 Å². The van der Waals surface area contributed by atoms with Gasteiger partial charge in [-0.25, -0.2) is 9.37 Å². The molecule has 3 rings (SSSR count). The number of amides is 1. The zero-order valence-electron chi connectivity index (χ0n) is 12.5. The fourth-order valence-corrected chi connectivity index (χ4v) is 2.29. The number of rotatable bonds is 4. The van der Waals surface area contributed by atoms with Gasteiger partial charge in [0.2, 0.25) is 0 Å². The van der Waals surface area contributed by atoms with Crippen molar-refractivity contribution in [2.45, 2.75) is 0 Å². The Balaban J connectivity index is 1.68. The largest absolute Gasteiger partial charge is 0.354 e. The van der Waals surface area contributed by atoms with Crippen molar-refractivity contribution in [1.29, 1.82) is 0 Å². The molecular formula is C18H13ClFN3O. The second-order valence-electron chi connectivity index (χ2n) is 5.03. The van der Waals surface area contributed by atoms with Gasteiger partial charge >= 0.3 is 0 Å². The average molecular weight is 342 g/mol. The van der Waals surface area contributed by atoms with E-state index in [2.05, 4.69) is 15.6 Å². The van der Waals surface area contributed by atoms with Crippen molar-refractivity contribution in [2.24, 2.45) is 0 Å². The van der Waals surface area contributed by atoms with Crippen LogP contribution < -0.4 is 10.6 Å². The molecule has 120 valence electrons. The molecule has 2 aromatic carbocycles. The first kappa shape index (κ1) is 16.0. The van der Waals surface area contributed by atoms with E-state index in [1.165, 1.54) is 18.3 Å². The zero-order chi connectivity index (χ0) is 16.9. The molecule has 0 radical (unpaired) electrons. The Morgan fingerprint density at radius 1 is 0.958 bits per heavy atom. The highest BCUT2D eigenvalue weighted by Gasteiger charge is 2.08. The van der Waals surface area contributed by atoms with Crippen molar-refractivity contribution in [1.82, 2.24) is 4.98 Å². The maximum atomic E-state index is 13.2. The van der Waals surface area contributed by atoms with Gasteiger partial charge in [0.1, 0.15) is 11.5 Å². The van der Waals surface area contributed by atoms with Crippen LogP contribution in [0.2, 0.25) is 5.02 Å². The van der Waals surface area contributed by atoms with Crippen LogP contribution in [0.3, 0.4) is 0 Å². The molecule has 1 amide bonds. The monoisotopic (exact) mass is 341 g/mol. The molecule has 0 atom stereocenters. The van der Waals surface area contributed by atoms with Gasteiger partial charge in [0.25, 0.3) is 5.91 Å². The summed E-state index contributed by atoms with van der Waals surface area (Å²) in [4.78, 5) is 16.3. The Hall–Kier alpha value is -2.92. The van der Waals surface area contributed by atoms with Crippen molar-refractivity contribution in [3.63, 3.8) is 0 Å². The SMILES string of the molecule is O=C(Nc1cccc(Cl)c1)c1ccc(Nc2cccc(F)c2)cn1. The molecule has 0 fully saturated rings. The number of hydrogen-bond donors (Lipinski definition) is 2. The topological polar surface area (TPSA) is 54.0 Å². The van der Waals surface area contributed by atoms with Crippen LogP contribution in [0.1, 0.15) is 10.5 Å². The molecule has 3 aromatic rings. The number of anilines is 3. The lowest BCUT2D eigenvalue weighted by atomic mass is 10.2. The fourth-order valence-electron chi connectivity index (χ4n) is 2.10. The molecule has 0 saturated carbocycles. The lowest BCUT2D eigenvalue weighted by Crippen LogP contribution is -2.13. The first-order chi connectivity index (χ1) is 11.6. The number of benzene rings is 2. The normalized spacial score (nSPS) is 10.2. The lowest BCUT2D eigenvalue weighted by Gasteiger charge is -2.08. The van der Waals surface area contributed by atoms with Gasteiger partial charge in [0, 0.05) is 16.4 Å². The van der Waals surface area contributed by atoms with E-state index in [1.807, 2.05) is 0 Å². The maximum absolute atomic E-state index is 13.2. The molecule has 0 aliphatic heterocycles. The Morgan fingerprint density at radius 3 is 2.46 bits per heavy atom. The van der Waals surface area contributed by atoms with E-state index in [0.717, 1.165) is 0 Å². The number of aromatic nitrogens is 1. The third kappa shape index (κ3) is 4.08. The van der Waals surface area contributed by atoms with Crippen molar-refractivity contribution in [3.8, 4) is 0 Å². The minimum atomic E-state index is -0.338. The molecule has 0 bridgehead atoms. The van der Waals surface area contributed by atoms with Gasteiger partial charge in [-0.1, -0.05) is 23.7 Å². The van der Waals surface area contributed by atoms with Crippen LogP contribution >= 0.6 is 11.6 Å². The number of pyridine rings is 1. The second kappa shape index (κ2) is 7.10. The first-order valence-electron chi connectivity index (χ1n) is 7.16. The third-order valence-electron chi connectivity index (χ3n) is 3.19. The van der Waals surface area contributed by atoms with E-state index in [4.69, 9.17) is 11.6 Å². The van der Waals surface area contributed by atoms with Crippen LogP contribution in [0.4, 0.5) is 21.5 Å². The Bertz CT molecular complexity index is 868. The van der Waals surface area contributed by atoms with Gasteiger partial charge in [-0.3, -0.25) is 4.79 Å². The number of hydrogen-bond acceptors (Lipinski definition) is 3. The minimum Gasteiger partial charge on any atom is -0.354 e. The quantitative estimate of drug-likeness (QED) is 0.711. The van der Waals surface area contributed by atoms with Crippen molar-refractivity contribution in [2.75, 3.05) is 10.6 Å². The maximum Gasteiger partial charge on any atom is 0.274 e. The van der Waals surface area contributed by atoms with Gasteiger partial charge in [-0.05, 0) is 48.5 Å². The predicted molar refractivity (Wildman–Crippen MR) is 93.3 cm³/mol. The average Bonchev–Trinajstić information content (AvgIpc) is 2.55. The first-order valence-corrected chi connectivity index (χ1v) is 7.53. The van der Waals surface area contributed by atoms with E-state index in [0.29, 0.717) is 22.1 Å². The summed E-state index contributed by atoms with van der Waals surface area (Å²) in [5.41, 5.74) is 2.11. The van der Waals surface area contributed by atoms with E-state index in [9.17, 15) is 9.18 Å². The molecule has 6 heteroatoms. The van der Waals surface area contributed by atoms with Gasteiger partial charge in [0.05, 0.1) is 11.9 Å². The van der Waals surface area contributed by atoms with Crippen molar-refractivity contribution in [3.05, 3.63) is 83.4 Å². The molecule has 24 heavy (non-hydrogen) atoms. The predicted octanol–water partition coefficient (Wildman–Crippen LogP) is 4.87. The molecular weight excluding hydrogens is 329 g/mol. The standard InChI is InChI=1S/C18H13ClFN3O/c19-12-3-1-5-14(9-12)23-18(24)17-8-7-16(11-21-17)22-15-6-2-4-13(20)10-15/h1-11,22H,(H,23,24). The fraction of sp³-hybridized carbons (Fsp3) is 0. The highest BCUT2D eigenvalue weighted by Crippen LogP contribution is 2.18. The minimum absolute atomic E-state index is 0.264. The number of halogens is 2. The molecule has 1 aromatic heterocycles. The summed E-state index contributed by atoms with van der Waals surface area (Å²) in [6, 6.07) is 16.2. The van der Waals surface area contributed by atoms with E-state index < -0.39 is 0 Å². The second-order valence-corrected chi connectivity index (χ2v) is 5.47. The van der Waals surface area contributed by atoms with Gasteiger partial charge < -0.3 is 10.6 Å². The van der Waals surface area contributed by atoms with Crippen molar-refractivity contribution < 1.29 is 9.18 Å². The summed E-state index contributed by atoms with van der Waals surface area (Å²) in [7, 11) is 0. The van der Waals surface area contributed by atoms with Crippen molar-refractivity contribution >= 4 is 34.6 Å². The molecule has 0 aliphatic rings. The van der Waals surface area contributed by atoms with Crippen LogP contribution in [-0.2, 0) is 0 Å². The van der Waals surface area contributed by atoms with Gasteiger partial charge in [0.15, 0.2) is 0 Å². The number of carbonyl (C=O) groups excluding carboxylic acids is 1. The summed E-state index contributed by atoms with van der Waals surface area (Å²) in [6.45, 7) is 0. The molecule has 4 nitrogen and oxygen atoms in total. The summed E-state index contributed by atoms with van der Waals surface area (Å²) in [5, 5.41) is 6.27. The van der Waals surface area contributed by atoms with Gasteiger partial charge in [-0.2, -0.15) is 0 Å². The number of nitrogens with zero attached hydrogens (tertiary/aromatic N) is 1. The highest BCUT2D eigenvalue weighted by atomic mass is 35.5. The molecule has 0 saturated heterocycles. The number of carbonyl (C=O) groups is 1. The molecule has 1 heterocycles. The molecule has 0 spiro atoms. The van der Waals surface area contributed by atoms with Crippen LogP contribution in [-0.4, -0.2) is 10.9 Å². The zero-order valence-corrected chi connectivity index (χ0v) is 13.2. The molecule has 0 aliphatic carbocycles. The highest BCUT2D eigenvalue weighted by molar-refractivity contribution is 6.30. The summed E-state index contributed by atoms with van der Waals surface area (Å²) in [6.07, 6.45) is 1.51. The summed E-state index contributed by atoms with van der Waals surface area (Å²) in [5.74, 6) is -0.667. The third-order valence-corrected chi connectivity index (χ3v) is 3.43. The van der Waals surface area contributed by atoms with Crippen LogP contribution in [0.25, 0.3) is 0 Å². The Labute approximate surface area is 143 Å². The number of nitrogens with one attached hydrogen (secondary N) is 2. The molecule has 0 unspecified atom stereocenters. The Kier molecular flexibility index (Phi) is 4.72. The van der Waals surface area contributed by atoms with Gasteiger partial charge in [-0.15, -0.1) is 0 Å². The Morgan fingerprint density at radius 2 is 1.75 bits per heavy atom. The summed E-state index contributed by atoms with van der Waals surface area (Å²) >= 11 is 5.88. The smallest absolute Gasteiger partial charge is 0.274 e. The van der Waals surface area contributed by atoms with Crippen LogP contribution in [0.15, 0.2) is 66.9 Å². The van der Waals surface area contributed by atoms with E-state index in [1.54, 1.807) is 48.5 Å².